The summed E-state index contributed by atoms with van der Waals surface area (Å²) >= 11 is 0. The van der Waals surface area contributed by atoms with Gasteiger partial charge in [-0.05, 0) is 6.07 Å². The second kappa shape index (κ2) is 5.85. The van der Waals surface area contributed by atoms with Gasteiger partial charge in [0.2, 0.25) is 0 Å². The molecule has 1 fully saturated rings. The summed E-state index contributed by atoms with van der Waals surface area (Å²) in [4.78, 5) is 23.1. The number of benzene rings is 1. The summed E-state index contributed by atoms with van der Waals surface area (Å²) in [5.74, 6) is -1.24. The molecule has 0 spiro atoms. The van der Waals surface area contributed by atoms with Gasteiger partial charge in [0.15, 0.2) is 0 Å². The zero-order valence-electron chi connectivity index (χ0n) is 10.6. The van der Waals surface area contributed by atoms with Gasteiger partial charge in [-0.3, -0.25) is 10.1 Å². The van der Waals surface area contributed by atoms with Gasteiger partial charge in [0.1, 0.15) is 0 Å². The highest BCUT2D eigenvalue weighted by atomic mass is 16.6. The van der Waals surface area contributed by atoms with Gasteiger partial charge in [0.05, 0.1) is 42.0 Å². The van der Waals surface area contributed by atoms with Crippen LogP contribution in [-0.2, 0) is 4.74 Å². The number of aromatic carboxylic acids is 1. The minimum atomic E-state index is -1.24. The van der Waals surface area contributed by atoms with E-state index in [1.165, 1.54) is 12.1 Å². The van der Waals surface area contributed by atoms with Gasteiger partial charge in [0.25, 0.3) is 5.69 Å². The molecule has 0 bridgehead atoms. The maximum absolute atomic E-state index is 11.3. The maximum atomic E-state index is 11.3. The molecule has 1 aromatic carbocycles. The molecule has 8 heteroatoms. The second-order valence-corrected chi connectivity index (χ2v) is 4.37. The normalized spacial score (nSPS) is 18.9. The van der Waals surface area contributed by atoms with E-state index in [1.807, 2.05) is 0 Å². The number of hydrogen-bond acceptors (Lipinski definition) is 6. The van der Waals surface area contributed by atoms with Crippen LogP contribution in [0.15, 0.2) is 18.2 Å². The lowest BCUT2D eigenvalue weighted by atomic mass is 10.1. The number of nitro benzene ring substituents is 1. The molecular weight excluding hydrogens is 268 g/mol. The number of anilines is 1. The van der Waals surface area contributed by atoms with E-state index in [4.69, 9.17) is 4.74 Å². The molecule has 1 unspecified atom stereocenters. The number of ether oxygens (including phenoxy) is 1. The molecule has 20 heavy (non-hydrogen) atoms. The molecule has 1 aliphatic heterocycles. The van der Waals surface area contributed by atoms with E-state index in [0.717, 1.165) is 6.07 Å². The number of non-ortho nitro benzene ring substituents is 1. The number of carbonyl (C=O) groups is 1. The molecule has 1 atom stereocenters. The molecule has 1 saturated heterocycles. The molecule has 2 rings (SSSR count). The number of aliphatic hydroxyl groups is 1. The summed E-state index contributed by atoms with van der Waals surface area (Å²) in [5, 5.41) is 29.3. The number of nitro groups is 1. The lowest BCUT2D eigenvalue weighted by Crippen LogP contribution is -2.48. The number of rotatable bonds is 4. The number of carboxylic acids is 1. The van der Waals surface area contributed by atoms with Crippen LogP contribution in [0.4, 0.5) is 11.4 Å². The lowest BCUT2D eigenvalue weighted by Gasteiger charge is -2.36. The maximum Gasteiger partial charge on any atom is 0.338 e. The first-order valence-electron chi connectivity index (χ1n) is 6.01. The van der Waals surface area contributed by atoms with E-state index in [0.29, 0.717) is 18.8 Å². The van der Waals surface area contributed by atoms with Crippen LogP contribution in [0.1, 0.15) is 10.4 Å². The molecule has 0 aliphatic carbocycles. The fraction of sp³-hybridized carbons (Fsp3) is 0.417. The van der Waals surface area contributed by atoms with Crippen molar-refractivity contribution in [3.05, 3.63) is 33.9 Å². The van der Waals surface area contributed by atoms with Crippen molar-refractivity contribution in [2.45, 2.75) is 6.04 Å². The van der Waals surface area contributed by atoms with E-state index >= 15 is 0 Å². The monoisotopic (exact) mass is 282 g/mol. The molecule has 0 amide bonds. The molecule has 0 aromatic heterocycles. The van der Waals surface area contributed by atoms with Crippen molar-refractivity contribution in [1.82, 2.24) is 0 Å². The number of carboxylic acid groups (broad SMARTS) is 1. The van der Waals surface area contributed by atoms with Crippen molar-refractivity contribution in [3.63, 3.8) is 0 Å². The summed E-state index contributed by atoms with van der Waals surface area (Å²) in [6, 6.07) is 3.33. The van der Waals surface area contributed by atoms with Crippen molar-refractivity contribution in [2.75, 3.05) is 31.3 Å². The average Bonchev–Trinajstić information content (AvgIpc) is 2.46. The Kier molecular flexibility index (Phi) is 4.16. The topological polar surface area (TPSA) is 113 Å². The smallest absolute Gasteiger partial charge is 0.338 e. The lowest BCUT2D eigenvalue weighted by molar-refractivity contribution is -0.384. The van der Waals surface area contributed by atoms with Crippen molar-refractivity contribution < 1.29 is 24.7 Å². The summed E-state index contributed by atoms with van der Waals surface area (Å²) in [6.45, 7) is 0.929. The number of nitrogens with zero attached hydrogens (tertiary/aromatic N) is 2. The number of aliphatic hydroxyl groups excluding tert-OH is 1. The largest absolute Gasteiger partial charge is 0.478 e. The fourth-order valence-electron chi connectivity index (χ4n) is 2.18. The van der Waals surface area contributed by atoms with Crippen molar-refractivity contribution in [2.24, 2.45) is 0 Å². The quantitative estimate of drug-likeness (QED) is 0.610. The van der Waals surface area contributed by atoms with Crippen LogP contribution in [-0.4, -0.2) is 53.5 Å². The average molecular weight is 282 g/mol. The number of morpholine rings is 1. The van der Waals surface area contributed by atoms with Crippen LogP contribution in [0.2, 0.25) is 0 Å². The highest BCUT2D eigenvalue weighted by Crippen LogP contribution is 2.28. The molecule has 0 saturated carbocycles. The van der Waals surface area contributed by atoms with Crippen LogP contribution in [0.5, 0.6) is 0 Å². The Morgan fingerprint density at radius 2 is 2.30 bits per heavy atom. The Morgan fingerprint density at radius 1 is 1.55 bits per heavy atom. The molecule has 1 aliphatic rings. The van der Waals surface area contributed by atoms with Gasteiger partial charge in [0, 0.05) is 18.7 Å². The third kappa shape index (κ3) is 2.70. The van der Waals surface area contributed by atoms with Gasteiger partial charge >= 0.3 is 5.97 Å². The van der Waals surface area contributed by atoms with E-state index in [9.17, 15) is 25.1 Å². The number of hydrogen-bond donors (Lipinski definition) is 2. The van der Waals surface area contributed by atoms with Crippen LogP contribution in [0.25, 0.3) is 0 Å². The van der Waals surface area contributed by atoms with Gasteiger partial charge in [-0.1, -0.05) is 0 Å². The predicted octanol–water partition coefficient (Wildman–Crippen LogP) is 0.490. The molecule has 0 radical (unpaired) electrons. The molecule has 2 N–H and O–H groups in total. The minimum Gasteiger partial charge on any atom is -0.478 e. The summed E-state index contributed by atoms with van der Waals surface area (Å²) in [5.41, 5.74) is -0.0787. The van der Waals surface area contributed by atoms with E-state index in [-0.39, 0.29) is 30.5 Å². The van der Waals surface area contributed by atoms with E-state index in [1.54, 1.807) is 4.90 Å². The Bertz CT molecular complexity index is 533. The predicted molar refractivity (Wildman–Crippen MR) is 69.1 cm³/mol. The minimum absolute atomic E-state index is 0.153. The Morgan fingerprint density at radius 3 is 2.90 bits per heavy atom. The zero-order valence-corrected chi connectivity index (χ0v) is 10.6. The van der Waals surface area contributed by atoms with E-state index < -0.39 is 10.9 Å². The summed E-state index contributed by atoms with van der Waals surface area (Å²) in [7, 11) is 0. The fourth-order valence-corrected chi connectivity index (χ4v) is 2.18. The third-order valence-electron chi connectivity index (χ3n) is 3.17. The van der Waals surface area contributed by atoms with Gasteiger partial charge in [-0.2, -0.15) is 0 Å². The molecular formula is C12H14N2O6. The third-order valence-corrected chi connectivity index (χ3v) is 3.17. The second-order valence-electron chi connectivity index (χ2n) is 4.37. The van der Waals surface area contributed by atoms with E-state index in [2.05, 4.69) is 0 Å². The highest BCUT2D eigenvalue weighted by molar-refractivity contribution is 5.95. The first kappa shape index (κ1) is 14.2. The standard InChI is InChI=1S/C12H14N2O6/c15-6-9-7-20-4-3-13(9)11-2-1-8(14(18)19)5-10(11)12(16)17/h1-2,5,9,15H,3-4,6-7H2,(H,16,17). The summed E-state index contributed by atoms with van der Waals surface area (Å²) < 4.78 is 5.23. The van der Waals surface area contributed by atoms with Crippen LogP contribution in [0, 0.1) is 10.1 Å². The Labute approximate surface area is 114 Å². The van der Waals surface area contributed by atoms with Crippen molar-refractivity contribution in [1.29, 1.82) is 0 Å². The van der Waals surface area contributed by atoms with Crippen LogP contribution >= 0.6 is 0 Å². The molecule has 1 aromatic rings. The van der Waals surface area contributed by atoms with Crippen LogP contribution in [0.3, 0.4) is 0 Å². The first-order chi connectivity index (χ1) is 9.54. The highest BCUT2D eigenvalue weighted by Gasteiger charge is 2.27. The molecule has 108 valence electrons. The van der Waals surface area contributed by atoms with Crippen molar-refractivity contribution >= 4 is 17.3 Å². The Hall–Kier alpha value is -2.19. The summed E-state index contributed by atoms with van der Waals surface area (Å²) in [6.07, 6.45) is 0. The van der Waals surface area contributed by atoms with Gasteiger partial charge in [-0.15, -0.1) is 0 Å². The molecule has 8 nitrogen and oxygen atoms in total. The Balaban J connectivity index is 2.44. The SMILES string of the molecule is O=C(O)c1cc([N+](=O)[O-])ccc1N1CCOCC1CO. The van der Waals surface area contributed by atoms with Crippen LogP contribution < -0.4 is 4.90 Å². The van der Waals surface area contributed by atoms with Gasteiger partial charge < -0.3 is 19.8 Å². The molecule has 1 heterocycles. The zero-order chi connectivity index (χ0) is 14.7. The van der Waals surface area contributed by atoms with Gasteiger partial charge in [-0.25, -0.2) is 4.79 Å². The van der Waals surface area contributed by atoms with Crippen molar-refractivity contribution in [3.8, 4) is 0 Å². The first-order valence-corrected chi connectivity index (χ1v) is 6.01.